The summed E-state index contributed by atoms with van der Waals surface area (Å²) in [6.45, 7) is 1.88. The van der Waals surface area contributed by atoms with Crippen molar-refractivity contribution in [2.45, 2.75) is 13.3 Å². The second-order valence-electron chi connectivity index (χ2n) is 3.25. The van der Waals surface area contributed by atoms with Crippen molar-refractivity contribution in [3.05, 3.63) is 46.2 Å². The fourth-order valence-electron chi connectivity index (χ4n) is 1.31. The topological polar surface area (TPSA) is 42.9 Å². The number of aromatic nitrogens is 2. The molecule has 0 amide bonds. The van der Waals surface area contributed by atoms with E-state index in [4.69, 9.17) is 0 Å². The molecule has 4 heteroatoms. The van der Waals surface area contributed by atoms with Crippen LogP contribution in [-0.4, -0.2) is 15.8 Å². The molecule has 2 heterocycles. The molecule has 0 fully saturated rings. The van der Waals surface area contributed by atoms with Gasteiger partial charge in [-0.2, -0.15) is 0 Å². The normalized spacial score (nSPS) is 10.2. The fraction of sp³-hybridized carbons (Fsp3) is 0.182. The van der Waals surface area contributed by atoms with Gasteiger partial charge < -0.3 is 0 Å². The van der Waals surface area contributed by atoms with Gasteiger partial charge in [-0.25, -0.2) is 0 Å². The Morgan fingerprint density at radius 2 is 2.40 bits per heavy atom. The van der Waals surface area contributed by atoms with Crippen molar-refractivity contribution in [1.82, 2.24) is 9.97 Å². The van der Waals surface area contributed by atoms with Crippen molar-refractivity contribution in [2.75, 3.05) is 0 Å². The minimum Gasteiger partial charge on any atom is -0.294 e. The maximum absolute atomic E-state index is 11.8. The third kappa shape index (κ3) is 2.47. The summed E-state index contributed by atoms with van der Waals surface area (Å²) in [7, 11) is 0. The molecule has 0 aliphatic rings. The predicted octanol–water partition coefficient (Wildman–Crippen LogP) is 2.27. The van der Waals surface area contributed by atoms with Crippen molar-refractivity contribution in [3.63, 3.8) is 0 Å². The summed E-state index contributed by atoms with van der Waals surface area (Å²) >= 11 is 1.50. The Balaban J connectivity index is 2.15. The van der Waals surface area contributed by atoms with Crippen molar-refractivity contribution < 1.29 is 4.79 Å². The highest BCUT2D eigenvalue weighted by Crippen LogP contribution is 2.11. The smallest absolute Gasteiger partial charge is 0.168 e. The number of carbonyl (C=O) groups is 1. The molecular formula is C11H10N2OS. The van der Waals surface area contributed by atoms with E-state index < -0.39 is 0 Å². The zero-order valence-electron chi connectivity index (χ0n) is 8.30. The van der Waals surface area contributed by atoms with Gasteiger partial charge in [0, 0.05) is 34.9 Å². The maximum Gasteiger partial charge on any atom is 0.168 e. The molecule has 0 N–H and O–H groups in total. The molecule has 76 valence electrons. The molecule has 0 spiro atoms. The molecule has 2 aromatic rings. The summed E-state index contributed by atoms with van der Waals surface area (Å²) in [6.07, 6.45) is 3.82. The molecule has 0 saturated carbocycles. The van der Waals surface area contributed by atoms with Crippen molar-refractivity contribution in [1.29, 1.82) is 0 Å². The molecule has 0 aromatic carbocycles. The molecule has 0 saturated heterocycles. The maximum atomic E-state index is 11.8. The molecular weight excluding hydrogens is 208 g/mol. The standard InChI is InChI=1S/C11H10N2OS/c1-8-4-9(2-3-13-8)11(14)5-10-6-12-7-15-10/h2-4,6-7H,5H2,1H3. The van der Waals surface area contributed by atoms with Crippen LogP contribution in [0.15, 0.2) is 30.0 Å². The van der Waals surface area contributed by atoms with Crippen LogP contribution < -0.4 is 0 Å². The monoisotopic (exact) mass is 218 g/mol. The van der Waals surface area contributed by atoms with E-state index in [9.17, 15) is 4.79 Å². The van der Waals surface area contributed by atoms with E-state index in [-0.39, 0.29) is 5.78 Å². The molecule has 0 atom stereocenters. The molecule has 15 heavy (non-hydrogen) atoms. The Bertz CT molecular complexity index is 465. The first kappa shape index (κ1) is 9.98. The van der Waals surface area contributed by atoms with Crippen LogP contribution in [0.25, 0.3) is 0 Å². The number of hydrogen-bond donors (Lipinski definition) is 0. The minimum absolute atomic E-state index is 0.116. The SMILES string of the molecule is Cc1cc(C(=O)Cc2cncs2)ccn1. The Morgan fingerprint density at radius 1 is 1.53 bits per heavy atom. The van der Waals surface area contributed by atoms with Crippen LogP contribution >= 0.6 is 11.3 Å². The van der Waals surface area contributed by atoms with Crippen LogP contribution in [0.3, 0.4) is 0 Å². The summed E-state index contributed by atoms with van der Waals surface area (Å²) in [5, 5.41) is 0. The van der Waals surface area contributed by atoms with E-state index in [2.05, 4.69) is 9.97 Å². The quantitative estimate of drug-likeness (QED) is 0.742. The molecule has 0 radical (unpaired) electrons. The van der Waals surface area contributed by atoms with E-state index >= 15 is 0 Å². The second kappa shape index (κ2) is 4.31. The number of rotatable bonds is 3. The number of ketones is 1. The zero-order chi connectivity index (χ0) is 10.7. The van der Waals surface area contributed by atoms with Crippen LogP contribution in [0.2, 0.25) is 0 Å². The van der Waals surface area contributed by atoms with Crippen LogP contribution in [-0.2, 0) is 6.42 Å². The van der Waals surface area contributed by atoms with Crippen molar-refractivity contribution in [3.8, 4) is 0 Å². The molecule has 0 aliphatic carbocycles. The van der Waals surface area contributed by atoms with Crippen LogP contribution in [0, 0.1) is 6.92 Å². The Morgan fingerprint density at radius 3 is 3.07 bits per heavy atom. The highest BCUT2D eigenvalue weighted by atomic mass is 32.1. The molecule has 2 rings (SSSR count). The lowest BCUT2D eigenvalue weighted by Crippen LogP contribution is -2.02. The summed E-state index contributed by atoms with van der Waals surface area (Å²) in [6, 6.07) is 3.56. The van der Waals surface area contributed by atoms with Gasteiger partial charge in [0.15, 0.2) is 5.78 Å². The molecule has 2 aromatic heterocycles. The van der Waals surface area contributed by atoms with E-state index in [0.717, 1.165) is 16.1 Å². The average molecular weight is 218 g/mol. The summed E-state index contributed by atoms with van der Waals surface area (Å²) in [5.41, 5.74) is 3.32. The van der Waals surface area contributed by atoms with Gasteiger partial charge in [-0.3, -0.25) is 14.8 Å². The third-order valence-electron chi connectivity index (χ3n) is 2.04. The third-order valence-corrected chi connectivity index (χ3v) is 2.82. The van der Waals surface area contributed by atoms with Gasteiger partial charge in [0.1, 0.15) is 0 Å². The first-order chi connectivity index (χ1) is 7.25. The highest BCUT2D eigenvalue weighted by Gasteiger charge is 2.08. The lowest BCUT2D eigenvalue weighted by atomic mass is 10.1. The van der Waals surface area contributed by atoms with Gasteiger partial charge in [0.05, 0.1) is 5.51 Å². The predicted molar refractivity (Wildman–Crippen MR) is 59.1 cm³/mol. The fourth-order valence-corrected chi connectivity index (χ4v) is 1.90. The largest absolute Gasteiger partial charge is 0.294 e. The zero-order valence-corrected chi connectivity index (χ0v) is 9.12. The Hall–Kier alpha value is -1.55. The first-order valence-corrected chi connectivity index (χ1v) is 5.47. The van der Waals surface area contributed by atoms with Gasteiger partial charge >= 0.3 is 0 Å². The number of Topliss-reactive ketones (excluding diaryl/α,β-unsaturated/α-hetero) is 1. The van der Waals surface area contributed by atoms with E-state index in [1.807, 2.05) is 13.0 Å². The van der Waals surface area contributed by atoms with Crippen molar-refractivity contribution in [2.24, 2.45) is 0 Å². The number of aryl methyl sites for hydroxylation is 1. The van der Waals surface area contributed by atoms with Crippen LogP contribution in [0.1, 0.15) is 20.9 Å². The van der Waals surface area contributed by atoms with Gasteiger partial charge in [-0.05, 0) is 19.1 Å². The van der Waals surface area contributed by atoms with Gasteiger partial charge in [-0.1, -0.05) is 0 Å². The number of thiazole rings is 1. The summed E-state index contributed by atoms with van der Waals surface area (Å²) in [4.78, 5) is 20.8. The minimum atomic E-state index is 0.116. The number of pyridine rings is 1. The molecule has 0 unspecified atom stereocenters. The van der Waals surface area contributed by atoms with Gasteiger partial charge in [0.2, 0.25) is 0 Å². The summed E-state index contributed by atoms with van der Waals surface area (Å²) < 4.78 is 0. The Kier molecular flexibility index (Phi) is 2.87. The first-order valence-electron chi connectivity index (χ1n) is 4.59. The lowest BCUT2D eigenvalue weighted by molar-refractivity contribution is 0.0993. The van der Waals surface area contributed by atoms with E-state index in [1.54, 1.807) is 24.0 Å². The molecule has 0 aliphatic heterocycles. The lowest BCUT2D eigenvalue weighted by Gasteiger charge is -1.99. The highest BCUT2D eigenvalue weighted by molar-refractivity contribution is 7.09. The number of carbonyl (C=O) groups excluding carboxylic acids is 1. The van der Waals surface area contributed by atoms with Crippen molar-refractivity contribution >= 4 is 17.1 Å². The van der Waals surface area contributed by atoms with Crippen LogP contribution in [0.4, 0.5) is 0 Å². The molecule has 3 nitrogen and oxygen atoms in total. The van der Waals surface area contributed by atoms with E-state index in [0.29, 0.717) is 6.42 Å². The molecule has 0 bridgehead atoms. The van der Waals surface area contributed by atoms with Gasteiger partial charge in [0.25, 0.3) is 0 Å². The Labute approximate surface area is 91.8 Å². The second-order valence-corrected chi connectivity index (χ2v) is 4.22. The van der Waals surface area contributed by atoms with E-state index in [1.165, 1.54) is 11.3 Å². The van der Waals surface area contributed by atoms with Gasteiger partial charge in [-0.15, -0.1) is 11.3 Å². The van der Waals surface area contributed by atoms with Crippen LogP contribution in [0.5, 0.6) is 0 Å². The number of hydrogen-bond acceptors (Lipinski definition) is 4. The summed E-state index contributed by atoms with van der Waals surface area (Å²) in [5.74, 6) is 0.116. The average Bonchev–Trinajstić information content (AvgIpc) is 2.70. The number of nitrogens with zero attached hydrogens (tertiary/aromatic N) is 2.